The molecule has 5 nitrogen and oxygen atoms in total. The van der Waals surface area contributed by atoms with Crippen LogP contribution >= 0.6 is 0 Å². The minimum atomic E-state index is -0.794. The molecule has 0 amide bonds. The van der Waals surface area contributed by atoms with Gasteiger partial charge in [-0.05, 0) is 31.9 Å². The minimum Gasteiger partial charge on any atom is -0.258 e. The molecule has 1 rings (SSSR count). The standard InChI is InChI=1S/C11H12N2O3/c1-8-4-5-9(13(15)16)6-10(8)11(2,3)12-7-14/h4-6H,1-3H3. The number of nitro groups is 1. The monoisotopic (exact) mass is 220 g/mol. The number of isocyanates is 1. The van der Waals surface area contributed by atoms with Crippen molar-refractivity contribution in [2.75, 3.05) is 0 Å². The highest BCUT2D eigenvalue weighted by atomic mass is 16.6. The first-order valence-electron chi connectivity index (χ1n) is 4.73. The quantitative estimate of drug-likeness (QED) is 0.340. The van der Waals surface area contributed by atoms with Gasteiger partial charge in [0.2, 0.25) is 6.08 Å². The lowest BCUT2D eigenvalue weighted by Gasteiger charge is -2.19. The number of aryl methyl sites for hydroxylation is 1. The maximum Gasteiger partial charge on any atom is 0.269 e. The predicted octanol–water partition coefficient (Wildman–Crippen LogP) is 2.47. The predicted molar refractivity (Wildman–Crippen MR) is 59.0 cm³/mol. The fourth-order valence-electron chi connectivity index (χ4n) is 1.56. The Kier molecular flexibility index (Phi) is 3.20. The zero-order valence-electron chi connectivity index (χ0n) is 9.35. The SMILES string of the molecule is Cc1ccc([N+](=O)[O-])cc1C(C)(C)N=C=O. The molecule has 0 spiro atoms. The van der Waals surface area contributed by atoms with Crippen LogP contribution in [0, 0.1) is 17.0 Å². The third-order valence-corrected chi connectivity index (χ3v) is 2.42. The zero-order chi connectivity index (χ0) is 12.3. The summed E-state index contributed by atoms with van der Waals surface area (Å²) >= 11 is 0. The summed E-state index contributed by atoms with van der Waals surface area (Å²) in [5.41, 5.74) is 0.715. The number of hydrogen-bond donors (Lipinski definition) is 0. The normalized spacial score (nSPS) is 10.7. The second kappa shape index (κ2) is 4.24. The molecular weight excluding hydrogens is 208 g/mol. The van der Waals surface area contributed by atoms with E-state index in [0.29, 0.717) is 5.56 Å². The fraction of sp³-hybridized carbons (Fsp3) is 0.364. The number of aliphatic imine (C=N–C) groups is 1. The molecule has 0 N–H and O–H groups in total. The van der Waals surface area contributed by atoms with Crippen LogP contribution in [0.5, 0.6) is 0 Å². The van der Waals surface area contributed by atoms with Crippen molar-refractivity contribution >= 4 is 11.8 Å². The van der Waals surface area contributed by atoms with Crippen molar-refractivity contribution in [1.82, 2.24) is 0 Å². The first-order valence-corrected chi connectivity index (χ1v) is 4.73. The van der Waals surface area contributed by atoms with Gasteiger partial charge in [0.05, 0.1) is 10.5 Å². The summed E-state index contributed by atoms with van der Waals surface area (Å²) in [6.45, 7) is 5.25. The van der Waals surface area contributed by atoms with Gasteiger partial charge in [0, 0.05) is 12.1 Å². The Morgan fingerprint density at radius 1 is 1.44 bits per heavy atom. The number of nitrogens with zero attached hydrogens (tertiary/aromatic N) is 2. The van der Waals surface area contributed by atoms with Crippen molar-refractivity contribution in [2.24, 2.45) is 4.99 Å². The van der Waals surface area contributed by atoms with Crippen LogP contribution in [0.2, 0.25) is 0 Å². The molecule has 0 aromatic heterocycles. The molecule has 84 valence electrons. The van der Waals surface area contributed by atoms with E-state index < -0.39 is 10.5 Å². The first kappa shape index (κ1) is 12.1. The highest BCUT2D eigenvalue weighted by Crippen LogP contribution is 2.30. The number of non-ortho nitro benzene ring substituents is 1. The number of benzene rings is 1. The van der Waals surface area contributed by atoms with Crippen molar-refractivity contribution in [3.05, 3.63) is 39.4 Å². The average Bonchev–Trinajstić information content (AvgIpc) is 2.17. The molecule has 16 heavy (non-hydrogen) atoms. The molecular formula is C11H12N2O3. The van der Waals surface area contributed by atoms with Crippen LogP contribution in [-0.4, -0.2) is 11.0 Å². The molecule has 1 aromatic rings. The largest absolute Gasteiger partial charge is 0.269 e. The van der Waals surface area contributed by atoms with Crippen LogP contribution in [0.25, 0.3) is 0 Å². The maximum atomic E-state index is 10.6. The summed E-state index contributed by atoms with van der Waals surface area (Å²) in [5.74, 6) is 0. The number of rotatable bonds is 3. The second-order valence-electron chi connectivity index (χ2n) is 4.02. The van der Waals surface area contributed by atoms with E-state index in [2.05, 4.69) is 4.99 Å². The van der Waals surface area contributed by atoms with E-state index in [4.69, 9.17) is 0 Å². The Labute approximate surface area is 93.0 Å². The summed E-state index contributed by atoms with van der Waals surface area (Å²) in [4.78, 5) is 24.1. The zero-order valence-corrected chi connectivity index (χ0v) is 9.35. The molecule has 0 atom stereocenters. The molecule has 1 aromatic carbocycles. The molecule has 0 fully saturated rings. The summed E-state index contributed by atoms with van der Waals surface area (Å²) < 4.78 is 0. The van der Waals surface area contributed by atoms with Crippen LogP contribution in [0.3, 0.4) is 0 Å². The molecule has 0 saturated heterocycles. The van der Waals surface area contributed by atoms with E-state index in [-0.39, 0.29) is 5.69 Å². The topological polar surface area (TPSA) is 72.6 Å². The minimum absolute atomic E-state index is 0.00484. The second-order valence-corrected chi connectivity index (χ2v) is 4.02. The Balaban J connectivity index is 3.37. The highest BCUT2D eigenvalue weighted by molar-refractivity contribution is 5.45. The molecule has 0 saturated carbocycles. The van der Waals surface area contributed by atoms with Gasteiger partial charge in [-0.15, -0.1) is 0 Å². The van der Waals surface area contributed by atoms with Gasteiger partial charge < -0.3 is 0 Å². The van der Waals surface area contributed by atoms with Crippen LogP contribution in [0.4, 0.5) is 5.69 Å². The summed E-state index contributed by atoms with van der Waals surface area (Å²) in [6.07, 6.45) is 1.49. The van der Waals surface area contributed by atoms with E-state index in [9.17, 15) is 14.9 Å². The first-order chi connectivity index (χ1) is 7.38. The van der Waals surface area contributed by atoms with Crippen molar-refractivity contribution < 1.29 is 9.72 Å². The van der Waals surface area contributed by atoms with Crippen LogP contribution in [0.1, 0.15) is 25.0 Å². The summed E-state index contributed by atoms with van der Waals surface area (Å²) in [6, 6.07) is 4.52. The van der Waals surface area contributed by atoms with Gasteiger partial charge in [0.15, 0.2) is 0 Å². The lowest BCUT2D eigenvalue weighted by atomic mass is 9.91. The molecule has 0 radical (unpaired) electrons. The molecule has 5 heteroatoms. The van der Waals surface area contributed by atoms with Gasteiger partial charge in [0.1, 0.15) is 0 Å². The van der Waals surface area contributed by atoms with Gasteiger partial charge in [0.25, 0.3) is 5.69 Å². The molecule has 0 bridgehead atoms. The van der Waals surface area contributed by atoms with Gasteiger partial charge in [-0.25, -0.2) is 4.79 Å². The Hall–Kier alpha value is -2.00. The Bertz CT molecular complexity index is 474. The molecule has 0 aliphatic heterocycles. The third-order valence-electron chi connectivity index (χ3n) is 2.42. The fourth-order valence-corrected chi connectivity index (χ4v) is 1.56. The molecule has 0 heterocycles. The van der Waals surface area contributed by atoms with Crippen LogP contribution in [-0.2, 0) is 10.3 Å². The lowest BCUT2D eigenvalue weighted by molar-refractivity contribution is -0.385. The molecule has 0 unspecified atom stereocenters. The van der Waals surface area contributed by atoms with Crippen molar-refractivity contribution in [1.29, 1.82) is 0 Å². The van der Waals surface area contributed by atoms with Crippen LogP contribution in [0.15, 0.2) is 23.2 Å². The van der Waals surface area contributed by atoms with Crippen molar-refractivity contribution in [3.8, 4) is 0 Å². The van der Waals surface area contributed by atoms with E-state index in [1.54, 1.807) is 19.9 Å². The van der Waals surface area contributed by atoms with Gasteiger partial charge in [-0.1, -0.05) is 6.07 Å². The number of nitro benzene ring substituents is 1. The molecule has 0 aliphatic rings. The maximum absolute atomic E-state index is 10.6. The van der Waals surface area contributed by atoms with E-state index in [1.165, 1.54) is 18.2 Å². The highest BCUT2D eigenvalue weighted by Gasteiger charge is 2.23. The van der Waals surface area contributed by atoms with Gasteiger partial charge >= 0.3 is 0 Å². The van der Waals surface area contributed by atoms with E-state index in [1.807, 2.05) is 6.92 Å². The Morgan fingerprint density at radius 3 is 2.56 bits per heavy atom. The number of carbonyl (C=O) groups excluding carboxylic acids is 1. The van der Waals surface area contributed by atoms with E-state index >= 15 is 0 Å². The van der Waals surface area contributed by atoms with Crippen molar-refractivity contribution in [3.63, 3.8) is 0 Å². The van der Waals surface area contributed by atoms with Crippen molar-refractivity contribution in [2.45, 2.75) is 26.3 Å². The van der Waals surface area contributed by atoms with E-state index in [0.717, 1.165) is 5.56 Å². The third kappa shape index (κ3) is 2.32. The van der Waals surface area contributed by atoms with Crippen LogP contribution < -0.4 is 0 Å². The smallest absolute Gasteiger partial charge is 0.258 e. The Morgan fingerprint density at radius 2 is 2.06 bits per heavy atom. The summed E-state index contributed by atoms with van der Waals surface area (Å²) in [7, 11) is 0. The summed E-state index contributed by atoms with van der Waals surface area (Å²) in [5, 5.41) is 10.6. The average molecular weight is 220 g/mol. The number of hydrogen-bond acceptors (Lipinski definition) is 4. The lowest BCUT2D eigenvalue weighted by Crippen LogP contribution is -2.15. The van der Waals surface area contributed by atoms with Gasteiger partial charge in [-0.2, -0.15) is 4.99 Å². The van der Waals surface area contributed by atoms with Gasteiger partial charge in [-0.3, -0.25) is 10.1 Å². The molecule has 0 aliphatic carbocycles.